The highest BCUT2D eigenvalue weighted by Gasteiger charge is 2.32. The number of ether oxygens (including phenoxy) is 1. The summed E-state index contributed by atoms with van der Waals surface area (Å²) in [6.45, 7) is 6.55. The monoisotopic (exact) mass is 237 g/mol. The number of carbonyl (C=O) groups excluding carboxylic acids is 1. The molecule has 0 radical (unpaired) electrons. The smallest absolute Gasteiger partial charge is 0.307 e. The lowest BCUT2D eigenvalue weighted by molar-refractivity contribution is -0.142. The van der Waals surface area contributed by atoms with Gasteiger partial charge in [0.2, 0.25) is 0 Å². The van der Waals surface area contributed by atoms with Crippen LogP contribution in [0.15, 0.2) is 12.4 Å². The van der Waals surface area contributed by atoms with Gasteiger partial charge in [0.25, 0.3) is 0 Å². The van der Waals surface area contributed by atoms with Crippen LogP contribution in [0.5, 0.6) is 0 Å². The van der Waals surface area contributed by atoms with Gasteiger partial charge in [-0.2, -0.15) is 0 Å². The molecule has 5 nitrogen and oxygen atoms in total. The molecule has 1 aromatic rings. The Morgan fingerprint density at radius 3 is 2.65 bits per heavy atom. The van der Waals surface area contributed by atoms with Crippen molar-refractivity contribution in [1.82, 2.24) is 15.3 Å². The number of aromatic nitrogens is 2. The molecular formula is C12H19N3O2. The first-order valence-corrected chi connectivity index (χ1v) is 5.63. The number of carbonyl (C=O) groups is 1. The highest BCUT2D eigenvalue weighted by atomic mass is 16.5. The molecule has 0 fully saturated rings. The molecular weight excluding hydrogens is 218 g/mol. The van der Waals surface area contributed by atoms with E-state index in [1.807, 2.05) is 20.8 Å². The summed E-state index contributed by atoms with van der Waals surface area (Å²) < 4.78 is 4.73. The van der Waals surface area contributed by atoms with E-state index >= 15 is 0 Å². The topological polar surface area (TPSA) is 64.1 Å². The van der Waals surface area contributed by atoms with Crippen molar-refractivity contribution in [3.8, 4) is 0 Å². The molecule has 5 heteroatoms. The summed E-state index contributed by atoms with van der Waals surface area (Å²) in [7, 11) is 1.39. The van der Waals surface area contributed by atoms with Gasteiger partial charge in [0, 0.05) is 12.4 Å². The Morgan fingerprint density at radius 1 is 1.47 bits per heavy atom. The highest BCUT2D eigenvalue weighted by Crippen LogP contribution is 2.24. The van der Waals surface area contributed by atoms with Gasteiger partial charge in [0.05, 0.1) is 30.5 Å². The number of methoxy groups -OCH3 is 1. The van der Waals surface area contributed by atoms with Gasteiger partial charge in [0.1, 0.15) is 0 Å². The summed E-state index contributed by atoms with van der Waals surface area (Å²) in [5.41, 5.74) is 1.06. The number of esters is 1. The molecule has 1 rings (SSSR count). The van der Waals surface area contributed by atoms with Crippen LogP contribution in [0.1, 0.15) is 31.7 Å². The molecule has 1 heterocycles. The predicted octanol–water partition coefficient (Wildman–Crippen LogP) is 1.17. The average Bonchev–Trinajstić information content (AvgIpc) is 2.29. The van der Waals surface area contributed by atoms with Crippen molar-refractivity contribution < 1.29 is 9.53 Å². The maximum Gasteiger partial charge on any atom is 0.307 e. The quantitative estimate of drug-likeness (QED) is 0.779. The predicted molar refractivity (Wildman–Crippen MR) is 64.4 cm³/mol. The van der Waals surface area contributed by atoms with Crippen LogP contribution < -0.4 is 5.32 Å². The second-order valence-corrected chi connectivity index (χ2v) is 4.11. The van der Waals surface area contributed by atoms with Crippen LogP contribution in [-0.2, 0) is 15.1 Å². The molecule has 0 saturated heterocycles. The lowest BCUT2D eigenvalue weighted by atomic mass is 9.91. The van der Waals surface area contributed by atoms with Gasteiger partial charge < -0.3 is 10.1 Å². The zero-order valence-corrected chi connectivity index (χ0v) is 10.8. The minimum absolute atomic E-state index is 0.233. The van der Waals surface area contributed by atoms with Gasteiger partial charge in [-0.15, -0.1) is 0 Å². The molecule has 0 saturated carbocycles. The molecule has 17 heavy (non-hydrogen) atoms. The summed E-state index contributed by atoms with van der Waals surface area (Å²) in [6.07, 6.45) is 3.51. The fourth-order valence-electron chi connectivity index (χ4n) is 1.93. The SMILES string of the molecule is CCNC(C)(CC(=O)OC)c1nccnc1C. The van der Waals surface area contributed by atoms with Gasteiger partial charge in [-0.25, -0.2) is 0 Å². The lowest BCUT2D eigenvalue weighted by Crippen LogP contribution is -2.43. The Kier molecular flexibility index (Phi) is 4.57. The van der Waals surface area contributed by atoms with Crippen molar-refractivity contribution in [2.24, 2.45) is 0 Å². The van der Waals surface area contributed by atoms with Crippen molar-refractivity contribution in [2.45, 2.75) is 32.7 Å². The van der Waals surface area contributed by atoms with Gasteiger partial charge >= 0.3 is 5.97 Å². The average molecular weight is 237 g/mol. The van der Waals surface area contributed by atoms with Crippen molar-refractivity contribution in [3.05, 3.63) is 23.8 Å². The maximum atomic E-state index is 11.5. The molecule has 0 aromatic carbocycles. The van der Waals surface area contributed by atoms with E-state index in [0.29, 0.717) is 0 Å². The Bertz CT molecular complexity index is 395. The Hall–Kier alpha value is -1.49. The van der Waals surface area contributed by atoms with E-state index in [9.17, 15) is 4.79 Å². The molecule has 1 N–H and O–H groups in total. The molecule has 0 spiro atoms. The van der Waals surface area contributed by atoms with Crippen LogP contribution in [0.4, 0.5) is 0 Å². The second kappa shape index (κ2) is 5.72. The van der Waals surface area contributed by atoms with E-state index in [1.54, 1.807) is 12.4 Å². The number of hydrogen-bond donors (Lipinski definition) is 1. The summed E-state index contributed by atoms with van der Waals surface area (Å²) in [5.74, 6) is -0.265. The third kappa shape index (κ3) is 3.23. The van der Waals surface area contributed by atoms with Crippen LogP contribution in [0, 0.1) is 6.92 Å². The van der Waals surface area contributed by atoms with Crippen molar-refractivity contribution in [3.63, 3.8) is 0 Å². The first-order valence-electron chi connectivity index (χ1n) is 5.63. The van der Waals surface area contributed by atoms with Crippen molar-refractivity contribution in [2.75, 3.05) is 13.7 Å². The minimum Gasteiger partial charge on any atom is -0.469 e. The Balaban J connectivity index is 3.06. The third-order valence-corrected chi connectivity index (χ3v) is 2.70. The van der Waals surface area contributed by atoms with Gasteiger partial charge in [-0.3, -0.25) is 14.8 Å². The van der Waals surface area contributed by atoms with Gasteiger partial charge in [-0.05, 0) is 20.4 Å². The Morgan fingerprint density at radius 2 is 2.12 bits per heavy atom. The molecule has 0 aliphatic rings. The van der Waals surface area contributed by atoms with Crippen LogP contribution in [0.2, 0.25) is 0 Å². The number of rotatable bonds is 5. The third-order valence-electron chi connectivity index (χ3n) is 2.70. The van der Waals surface area contributed by atoms with Crippen LogP contribution in [0.3, 0.4) is 0 Å². The summed E-state index contributed by atoms with van der Waals surface area (Å²) in [6, 6.07) is 0. The van der Waals surface area contributed by atoms with E-state index in [1.165, 1.54) is 7.11 Å². The highest BCUT2D eigenvalue weighted by molar-refractivity contribution is 5.71. The first kappa shape index (κ1) is 13.6. The number of hydrogen-bond acceptors (Lipinski definition) is 5. The van der Waals surface area contributed by atoms with Crippen molar-refractivity contribution >= 4 is 5.97 Å². The molecule has 1 unspecified atom stereocenters. The second-order valence-electron chi connectivity index (χ2n) is 4.11. The number of nitrogens with zero attached hydrogens (tertiary/aromatic N) is 2. The molecule has 1 atom stereocenters. The summed E-state index contributed by atoms with van der Waals surface area (Å²) >= 11 is 0. The fraction of sp³-hybridized carbons (Fsp3) is 0.583. The maximum absolute atomic E-state index is 11.5. The Labute approximate surface area is 102 Å². The van der Waals surface area contributed by atoms with E-state index in [-0.39, 0.29) is 12.4 Å². The summed E-state index contributed by atoms with van der Waals surface area (Å²) in [4.78, 5) is 20.0. The fourth-order valence-corrected chi connectivity index (χ4v) is 1.93. The normalized spacial score (nSPS) is 14.1. The molecule has 0 bridgehead atoms. The largest absolute Gasteiger partial charge is 0.469 e. The van der Waals surface area contributed by atoms with Crippen LogP contribution in [0.25, 0.3) is 0 Å². The van der Waals surface area contributed by atoms with Gasteiger partial charge in [-0.1, -0.05) is 6.92 Å². The minimum atomic E-state index is -0.541. The summed E-state index contributed by atoms with van der Waals surface area (Å²) in [5, 5.41) is 3.28. The molecule has 0 aliphatic heterocycles. The van der Waals surface area contributed by atoms with E-state index in [4.69, 9.17) is 4.74 Å². The standard InChI is InChI=1S/C12H19N3O2/c1-5-15-12(3,8-10(16)17-4)11-9(2)13-6-7-14-11/h6-7,15H,5,8H2,1-4H3. The van der Waals surface area contributed by atoms with E-state index in [0.717, 1.165) is 17.9 Å². The zero-order chi connectivity index (χ0) is 12.9. The van der Waals surface area contributed by atoms with Gasteiger partial charge in [0.15, 0.2) is 0 Å². The van der Waals surface area contributed by atoms with Crippen molar-refractivity contribution in [1.29, 1.82) is 0 Å². The molecule has 0 amide bonds. The first-order chi connectivity index (χ1) is 8.03. The van der Waals surface area contributed by atoms with Crippen LogP contribution in [-0.4, -0.2) is 29.6 Å². The molecule has 1 aromatic heterocycles. The number of nitrogens with one attached hydrogen (secondary N) is 1. The van der Waals surface area contributed by atoms with E-state index < -0.39 is 5.54 Å². The lowest BCUT2D eigenvalue weighted by Gasteiger charge is -2.29. The van der Waals surface area contributed by atoms with Crippen LogP contribution >= 0.6 is 0 Å². The zero-order valence-electron chi connectivity index (χ0n) is 10.8. The number of aryl methyl sites for hydroxylation is 1. The molecule has 0 aliphatic carbocycles. The van der Waals surface area contributed by atoms with E-state index in [2.05, 4.69) is 15.3 Å². The molecule has 94 valence electrons.